The van der Waals surface area contributed by atoms with Crippen molar-refractivity contribution < 1.29 is 14.9 Å². The van der Waals surface area contributed by atoms with Gasteiger partial charge >= 0.3 is 0 Å². The Morgan fingerprint density at radius 3 is 2.54 bits per heavy atom. The highest BCUT2D eigenvalue weighted by Gasteiger charge is 2.40. The lowest BCUT2D eigenvalue weighted by Crippen LogP contribution is -2.70. The van der Waals surface area contributed by atoms with Gasteiger partial charge in [-0.3, -0.25) is 14.7 Å². The summed E-state index contributed by atoms with van der Waals surface area (Å²) in [6.45, 7) is 0.715. The maximum Gasteiger partial charge on any atom is 0.249 e. The number of carbonyl (C=O) groups is 1. The van der Waals surface area contributed by atoms with E-state index >= 15 is 0 Å². The molecule has 1 unspecified atom stereocenters. The molecule has 0 saturated heterocycles. The molecule has 0 aliphatic carbocycles. The first-order chi connectivity index (χ1) is 11.6. The monoisotopic (exact) mass is 363 g/mol. The molecule has 1 aliphatic rings. The standard InChI is InChI=1S/C18H16Cl2N2O2/c19-14-6-3-7-15(20)17(14)22-16-8-2-1-5-12(16)13(18(22)24)11-21-9-4-10-23/h1-3,5-8,11,13,23H,4,9-10H2/p+1. The van der Waals surface area contributed by atoms with Crippen LogP contribution in [0.2, 0.25) is 10.0 Å². The number of carbonyl (C=O) groups excluding carboxylic acids is 1. The van der Waals surface area contributed by atoms with Crippen LogP contribution < -0.4 is 9.89 Å². The summed E-state index contributed by atoms with van der Waals surface area (Å²) in [5.41, 5.74) is 2.18. The van der Waals surface area contributed by atoms with E-state index in [4.69, 9.17) is 28.3 Å². The molecule has 0 saturated carbocycles. The number of aliphatic hydroxyl groups is 1. The number of halogens is 2. The second kappa shape index (κ2) is 7.34. The third-order valence-electron chi connectivity index (χ3n) is 3.92. The number of aliphatic hydroxyl groups excluding tert-OH is 1. The molecule has 124 valence electrons. The highest BCUT2D eigenvalue weighted by atomic mass is 35.5. The fourth-order valence-corrected chi connectivity index (χ4v) is 3.39. The number of benzene rings is 2. The Morgan fingerprint density at radius 2 is 1.83 bits per heavy atom. The van der Waals surface area contributed by atoms with Gasteiger partial charge < -0.3 is 5.11 Å². The number of hydrogen-bond acceptors (Lipinski definition) is 2. The summed E-state index contributed by atoms with van der Waals surface area (Å²) in [4.78, 5) is 17.7. The summed E-state index contributed by atoms with van der Waals surface area (Å²) in [6.07, 6.45) is 2.39. The molecule has 0 bridgehead atoms. The molecule has 4 nitrogen and oxygen atoms in total. The van der Waals surface area contributed by atoms with E-state index in [0.29, 0.717) is 28.7 Å². The zero-order chi connectivity index (χ0) is 17.1. The number of anilines is 2. The first kappa shape index (κ1) is 17.0. The van der Waals surface area contributed by atoms with Gasteiger partial charge in [0.1, 0.15) is 12.5 Å². The SMILES string of the molecule is O=C1C(C=[NH+]CCCO)c2ccccc2N1c1c(Cl)cccc1Cl. The molecule has 6 heteroatoms. The summed E-state index contributed by atoms with van der Waals surface area (Å²) in [7, 11) is 0. The molecule has 0 spiro atoms. The number of amides is 1. The molecule has 0 aromatic heterocycles. The lowest BCUT2D eigenvalue weighted by atomic mass is 10.0. The average Bonchev–Trinajstić information content (AvgIpc) is 2.84. The summed E-state index contributed by atoms with van der Waals surface area (Å²) in [5, 5.41) is 9.72. The number of rotatable bonds is 5. The van der Waals surface area contributed by atoms with Gasteiger partial charge in [0.05, 0.1) is 21.4 Å². The minimum absolute atomic E-state index is 0.109. The van der Waals surface area contributed by atoms with Gasteiger partial charge in [-0.1, -0.05) is 47.5 Å². The maximum atomic E-state index is 13.0. The molecular weight excluding hydrogens is 347 g/mol. The van der Waals surface area contributed by atoms with Crippen LogP contribution in [0.15, 0.2) is 42.5 Å². The van der Waals surface area contributed by atoms with Crippen molar-refractivity contribution in [2.45, 2.75) is 12.3 Å². The van der Waals surface area contributed by atoms with Crippen LogP contribution in [-0.4, -0.2) is 30.4 Å². The molecule has 0 radical (unpaired) electrons. The zero-order valence-electron chi connectivity index (χ0n) is 12.9. The van der Waals surface area contributed by atoms with Gasteiger partial charge in [-0.25, -0.2) is 0 Å². The van der Waals surface area contributed by atoms with E-state index in [2.05, 4.69) is 4.99 Å². The Kier molecular flexibility index (Phi) is 5.19. The normalized spacial score (nSPS) is 16.9. The number of fused-ring (bicyclic) bond motifs is 1. The van der Waals surface area contributed by atoms with Gasteiger partial charge in [-0.2, -0.15) is 0 Å². The van der Waals surface area contributed by atoms with Crippen molar-refractivity contribution in [1.82, 2.24) is 0 Å². The molecule has 1 heterocycles. The van der Waals surface area contributed by atoms with Gasteiger partial charge in [0, 0.05) is 13.0 Å². The maximum absolute atomic E-state index is 13.0. The molecular formula is C18H17Cl2N2O2+. The van der Waals surface area contributed by atoms with E-state index in [0.717, 1.165) is 11.3 Å². The van der Waals surface area contributed by atoms with Crippen molar-refractivity contribution in [1.29, 1.82) is 0 Å². The molecule has 1 amide bonds. The topological polar surface area (TPSA) is 54.5 Å². The Hall–Kier alpha value is -1.88. The van der Waals surface area contributed by atoms with E-state index in [1.807, 2.05) is 24.3 Å². The van der Waals surface area contributed by atoms with Gasteiger partial charge in [0.25, 0.3) is 0 Å². The highest BCUT2D eigenvalue weighted by molar-refractivity contribution is 6.41. The quantitative estimate of drug-likeness (QED) is 0.632. The first-order valence-electron chi connectivity index (χ1n) is 7.69. The van der Waals surface area contributed by atoms with Crippen molar-refractivity contribution in [2.24, 2.45) is 0 Å². The van der Waals surface area contributed by atoms with Crippen molar-refractivity contribution in [3.05, 3.63) is 58.1 Å². The van der Waals surface area contributed by atoms with Gasteiger partial charge in [0.15, 0.2) is 6.21 Å². The summed E-state index contributed by atoms with van der Waals surface area (Å²) < 4.78 is 0. The lowest BCUT2D eigenvalue weighted by Gasteiger charge is -2.20. The van der Waals surface area contributed by atoms with E-state index in [-0.39, 0.29) is 12.5 Å². The van der Waals surface area contributed by atoms with Crippen LogP contribution in [0.1, 0.15) is 17.9 Å². The van der Waals surface area contributed by atoms with Crippen LogP contribution in [0.25, 0.3) is 0 Å². The largest absolute Gasteiger partial charge is 0.396 e. The summed E-state index contributed by atoms with van der Waals surface area (Å²) in [5.74, 6) is -0.532. The highest BCUT2D eigenvalue weighted by Crippen LogP contribution is 2.45. The minimum atomic E-state index is -0.424. The molecule has 0 fully saturated rings. The Morgan fingerprint density at radius 1 is 1.12 bits per heavy atom. The Bertz CT molecular complexity index is 772. The van der Waals surface area contributed by atoms with E-state index in [9.17, 15) is 4.79 Å². The van der Waals surface area contributed by atoms with Gasteiger partial charge in [-0.15, -0.1) is 0 Å². The molecule has 2 aromatic rings. The molecule has 2 aromatic carbocycles. The molecule has 3 rings (SSSR count). The van der Waals surface area contributed by atoms with Crippen molar-refractivity contribution in [3.8, 4) is 0 Å². The van der Waals surface area contributed by atoms with Crippen LogP contribution in [-0.2, 0) is 4.79 Å². The van der Waals surface area contributed by atoms with Gasteiger partial charge in [-0.05, 0) is 23.8 Å². The minimum Gasteiger partial charge on any atom is -0.396 e. The Labute approximate surface area is 150 Å². The van der Waals surface area contributed by atoms with Crippen LogP contribution in [0.3, 0.4) is 0 Å². The number of hydrogen-bond donors (Lipinski definition) is 2. The number of para-hydroxylation sites is 2. The summed E-state index contributed by atoms with van der Waals surface area (Å²) >= 11 is 12.6. The second-order valence-electron chi connectivity index (χ2n) is 5.48. The lowest BCUT2D eigenvalue weighted by molar-refractivity contribution is -0.454. The van der Waals surface area contributed by atoms with E-state index < -0.39 is 5.92 Å². The smallest absolute Gasteiger partial charge is 0.249 e. The van der Waals surface area contributed by atoms with Crippen LogP contribution >= 0.6 is 23.2 Å². The third kappa shape index (κ3) is 3.05. The zero-order valence-corrected chi connectivity index (χ0v) is 14.4. The summed E-state index contributed by atoms with van der Waals surface area (Å²) in [6, 6.07) is 12.8. The molecule has 1 aliphatic heterocycles. The molecule has 2 N–H and O–H groups in total. The molecule has 1 atom stereocenters. The predicted molar refractivity (Wildman–Crippen MR) is 96.4 cm³/mol. The number of nitrogens with one attached hydrogen (secondary N) is 1. The fourth-order valence-electron chi connectivity index (χ4n) is 2.82. The Balaban J connectivity index is 2.03. The van der Waals surface area contributed by atoms with Crippen LogP contribution in [0.4, 0.5) is 11.4 Å². The van der Waals surface area contributed by atoms with Crippen LogP contribution in [0.5, 0.6) is 0 Å². The van der Waals surface area contributed by atoms with Crippen LogP contribution in [0, 0.1) is 0 Å². The second-order valence-corrected chi connectivity index (χ2v) is 6.29. The number of nitrogens with zero attached hydrogens (tertiary/aromatic N) is 1. The van der Waals surface area contributed by atoms with Crippen molar-refractivity contribution >= 4 is 46.7 Å². The predicted octanol–water partition coefficient (Wildman–Crippen LogP) is 2.29. The molecule has 24 heavy (non-hydrogen) atoms. The van der Waals surface area contributed by atoms with E-state index in [1.54, 1.807) is 29.3 Å². The van der Waals surface area contributed by atoms with Crippen molar-refractivity contribution in [3.63, 3.8) is 0 Å². The fraction of sp³-hybridized carbons (Fsp3) is 0.222. The van der Waals surface area contributed by atoms with Gasteiger partial charge in [0.2, 0.25) is 5.91 Å². The van der Waals surface area contributed by atoms with Crippen molar-refractivity contribution in [2.75, 3.05) is 18.1 Å². The van der Waals surface area contributed by atoms with E-state index in [1.165, 1.54) is 0 Å². The average molecular weight is 364 g/mol. The first-order valence-corrected chi connectivity index (χ1v) is 8.45. The third-order valence-corrected chi connectivity index (χ3v) is 4.53.